The number of aromatic nitrogens is 3. The van der Waals surface area contributed by atoms with Gasteiger partial charge in [0, 0.05) is 16.3 Å². The number of rotatable bonds is 8. The molecule has 0 bridgehead atoms. The van der Waals surface area contributed by atoms with Crippen LogP contribution in [0.3, 0.4) is 0 Å². The first-order chi connectivity index (χ1) is 15.3. The Bertz CT molecular complexity index is 1080. The van der Waals surface area contributed by atoms with E-state index in [1.165, 1.54) is 11.8 Å². The predicted octanol–water partition coefficient (Wildman–Crippen LogP) is 3.60. The van der Waals surface area contributed by atoms with Crippen LogP contribution in [0.25, 0.3) is 5.69 Å². The van der Waals surface area contributed by atoms with Crippen LogP contribution in [0.2, 0.25) is 5.02 Å². The molecule has 1 heterocycles. The minimum Gasteiger partial charge on any atom is -0.497 e. The van der Waals surface area contributed by atoms with Crippen LogP contribution >= 0.6 is 23.4 Å². The fraction of sp³-hybridized carbons (Fsp3) is 0.273. The van der Waals surface area contributed by atoms with Crippen molar-refractivity contribution < 1.29 is 14.3 Å². The van der Waals surface area contributed by atoms with Crippen molar-refractivity contribution in [2.24, 2.45) is 0 Å². The fourth-order valence-electron chi connectivity index (χ4n) is 2.82. The number of ether oxygens (including phenoxy) is 1. The molecule has 3 aromatic rings. The Morgan fingerprint density at radius 2 is 1.78 bits per heavy atom. The number of benzene rings is 2. The molecule has 8 nitrogen and oxygen atoms in total. The summed E-state index contributed by atoms with van der Waals surface area (Å²) in [5.74, 6) is 0.467. The summed E-state index contributed by atoms with van der Waals surface area (Å²) in [6.07, 6.45) is 0. The van der Waals surface area contributed by atoms with Crippen LogP contribution in [0, 0.1) is 0 Å². The molecule has 0 saturated carbocycles. The maximum absolute atomic E-state index is 12.4. The maximum atomic E-state index is 12.4. The number of hydrogen-bond donors (Lipinski definition) is 1. The van der Waals surface area contributed by atoms with E-state index in [0.717, 1.165) is 11.5 Å². The van der Waals surface area contributed by atoms with E-state index in [0.29, 0.717) is 21.5 Å². The van der Waals surface area contributed by atoms with Crippen molar-refractivity contribution >= 4 is 35.2 Å². The topological polar surface area (TPSA) is 89.3 Å². The Labute approximate surface area is 195 Å². The van der Waals surface area contributed by atoms with Crippen LogP contribution in [0.1, 0.15) is 29.1 Å². The molecule has 1 unspecified atom stereocenters. The summed E-state index contributed by atoms with van der Waals surface area (Å²) < 4.78 is 6.97. The summed E-state index contributed by atoms with van der Waals surface area (Å²) in [5.41, 5.74) is 1.20. The standard InChI is InChI=1S/C22H24ClN5O3S/c1-14(27(2)3)20-25-26-22(28(20)17-9-7-16(23)8-10-17)32-13-19(29)24-21(30)15-5-11-18(31-4)12-6-15/h5-12,14H,13H2,1-4H3,(H,24,29,30). The average molecular weight is 474 g/mol. The third-order valence-electron chi connectivity index (χ3n) is 4.83. The van der Waals surface area contributed by atoms with Crippen molar-refractivity contribution in [3.05, 3.63) is 64.9 Å². The van der Waals surface area contributed by atoms with Crippen LogP contribution in [-0.4, -0.2) is 58.4 Å². The molecule has 0 aliphatic heterocycles. The number of carbonyl (C=O) groups is 2. The van der Waals surface area contributed by atoms with Gasteiger partial charge in [-0.05, 0) is 69.6 Å². The van der Waals surface area contributed by atoms with Crippen molar-refractivity contribution in [3.8, 4) is 11.4 Å². The minimum atomic E-state index is -0.473. The second-order valence-corrected chi connectivity index (χ2v) is 8.57. The van der Waals surface area contributed by atoms with E-state index in [4.69, 9.17) is 16.3 Å². The third-order valence-corrected chi connectivity index (χ3v) is 6.01. The van der Waals surface area contributed by atoms with Crippen LogP contribution in [-0.2, 0) is 4.79 Å². The molecule has 0 saturated heterocycles. The Balaban J connectivity index is 1.74. The largest absolute Gasteiger partial charge is 0.497 e. The number of thioether (sulfide) groups is 1. The summed E-state index contributed by atoms with van der Waals surface area (Å²) in [6, 6.07) is 13.8. The van der Waals surface area contributed by atoms with Gasteiger partial charge in [0.1, 0.15) is 5.75 Å². The Hall–Kier alpha value is -2.88. The minimum absolute atomic E-state index is 0.00393. The molecule has 168 valence electrons. The van der Waals surface area contributed by atoms with Gasteiger partial charge in [0.05, 0.1) is 18.9 Å². The number of nitrogens with one attached hydrogen (secondary N) is 1. The van der Waals surface area contributed by atoms with Gasteiger partial charge in [0.15, 0.2) is 11.0 Å². The second-order valence-electron chi connectivity index (χ2n) is 7.19. The van der Waals surface area contributed by atoms with Crippen molar-refractivity contribution in [2.75, 3.05) is 27.0 Å². The highest BCUT2D eigenvalue weighted by Crippen LogP contribution is 2.27. The monoisotopic (exact) mass is 473 g/mol. The highest BCUT2D eigenvalue weighted by Gasteiger charge is 2.22. The van der Waals surface area contributed by atoms with Gasteiger partial charge in [-0.2, -0.15) is 0 Å². The van der Waals surface area contributed by atoms with Gasteiger partial charge in [-0.1, -0.05) is 23.4 Å². The Morgan fingerprint density at radius 3 is 2.38 bits per heavy atom. The molecule has 0 spiro atoms. The van der Waals surface area contributed by atoms with E-state index in [1.807, 2.05) is 42.6 Å². The molecular weight excluding hydrogens is 450 g/mol. The molecule has 32 heavy (non-hydrogen) atoms. The molecule has 1 N–H and O–H groups in total. The molecule has 0 aliphatic carbocycles. The number of hydrogen-bond acceptors (Lipinski definition) is 7. The summed E-state index contributed by atoms with van der Waals surface area (Å²) >= 11 is 7.24. The molecule has 2 amide bonds. The molecular formula is C22H24ClN5O3S. The van der Waals surface area contributed by atoms with Crippen LogP contribution in [0.5, 0.6) is 5.75 Å². The van der Waals surface area contributed by atoms with E-state index >= 15 is 0 Å². The first kappa shape index (κ1) is 23.8. The molecule has 0 aliphatic rings. The number of imide groups is 1. The lowest BCUT2D eigenvalue weighted by Crippen LogP contribution is -2.31. The first-order valence-electron chi connectivity index (χ1n) is 9.79. The number of carbonyl (C=O) groups excluding carboxylic acids is 2. The average Bonchev–Trinajstić information content (AvgIpc) is 3.21. The number of methoxy groups -OCH3 is 1. The SMILES string of the molecule is COc1ccc(C(=O)NC(=O)CSc2nnc(C(C)N(C)C)n2-c2ccc(Cl)cc2)cc1. The zero-order chi connectivity index (χ0) is 23.3. The molecule has 1 atom stereocenters. The van der Waals surface area contributed by atoms with Gasteiger partial charge in [-0.3, -0.25) is 24.4 Å². The summed E-state index contributed by atoms with van der Waals surface area (Å²) in [7, 11) is 5.45. The summed E-state index contributed by atoms with van der Waals surface area (Å²) in [6.45, 7) is 2.02. The Kier molecular flexibility index (Phi) is 7.89. The van der Waals surface area contributed by atoms with Crippen molar-refractivity contribution in [2.45, 2.75) is 18.1 Å². The molecule has 2 aromatic carbocycles. The molecule has 0 radical (unpaired) electrons. The van der Waals surface area contributed by atoms with Gasteiger partial charge < -0.3 is 4.74 Å². The maximum Gasteiger partial charge on any atom is 0.257 e. The van der Waals surface area contributed by atoms with E-state index < -0.39 is 11.8 Å². The van der Waals surface area contributed by atoms with Gasteiger partial charge in [-0.25, -0.2) is 0 Å². The van der Waals surface area contributed by atoms with Gasteiger partial charge in [0.2, 0.25) is 5.91 Å². The number of amides is 2. The summed E-state index contributed by atoms with van der Waals surface area (Å²) in [5, 5.41) is 12.2. The van der Waals surface area contributed by atoms with Crippen LogP contribution in [0.15, 0.2) is 53.7 Å². The van der Waals surface area contributed by atoms with Gasteiger partial charge in [-0.15, -0.1) is 10.2 Å². The van der Waals surface area contributed by atoms with E-state index in [2.05, 4.69) is 15.5 Å². The van der Waals surface area contributed by atoms with Crippen LogP contribution in [0.4, 0.5) is 0 Å². The lowest BCUT2D eigenvalue weighted by atomic mass is 10.2. The zero-order valence-corrected chi connectivity index (χ0v) is 19.8. The molecule has 10 heteroatoms. The second kappa shape index (κ2) is 10.6. The first-order valence-corrected chi connectivity index (χ1v) is 11.1. The highest BCUT2D eigenvalue weighted by molar-refractivity contribution is 7.99. The van der Waals surface area contributed by atoms with E-state index in [1.54, 1.807) is 43.5 Å². The summed E-state index contributed by atoms with van der Waals surface area (Å²) in [4.78, 5) is 26.7. The van der Waals surface area contributed by atoms with Crippen molar-refractivity contribution in [3.63, 3.8) is 0 Å². The van der Waals surface area contributed by atoms with E-state index in [-0.39, 0.29) is 11.8 Å². The van der Waals surface area contributed by atoms with Gasteiger partial charge in [0.25, 0.3) is 5.91 Å². The predicted molar refractivity (Wildman–Crippen MR) is 125 cm³/mol. The smallest absolute Gasteiger partial charge is 0.257 e. The quantitative estimate of drug-likeness (QED) is 0.500. The van der Waals surface area contributed by atoms with E-state index in [9.17, 15) is 9.59 Å². The lowest BCUT2D eigenvalue weighted by Gasteiger charge is -2.20. The molecule has 1 aromatic heterocycles. The highest BCUT2D eigenvalue weighted by atomic mass is 35.5. The number of nitrogens with zero attached hydrogens (tertiary/aromatic N) is 4. The fourth-order valence-corrected chi connectivity index (χ4v) is 3.70. The normalized spacial score (nSPS) is 11.9. The zero-order valence-electron chi connectivity index (χ0n) is 18.2. The molecule has 3 rings (SSSR count). The number of halogens is 1. The van der Waals surface area contributed by atoms with Crippen LogP contribution < -0.4 is 10.1 Å². The third kappa shape index (κ3) is 5.67. The van der Waals surface area contributed by atoms with Gasteiger partial charge >= 0.3 is 0 Å². The molecule has 0 fully saturated rings. The Morgan fingerprint density at radius 1 is 1.12 bits per heavy atom. The van der Waals surface area contributed by atoms with Crippen molar-refractivity contribution in [1.29, 1.82) is 0 Å². The lowest BCUT2D eigenvalue weighted by molar-refractivity contribution is -0.117. The van der Waals surface area contributed by atoms with Crippen molar-refractivity contribution in [1.82, 2.24) is 25.0 Å².